The van der Waals surface area contributed by atoms with Crippen LogP contribution in [0.5, 0.6) is 0 Å². The lowest BCUT2D eigenvalue weighted by molar-refractivity contribution is 0.260. The molecule has 0 bridgehead atoms. The van der Waals surface area contributed by atoms with E-state index in [0.717, 1.165) is 5.33 Å². The molecule has 0 saturated carbocycles. The van der Waals surface area contributed by atoms with Gasteiger partial charge in [-0.25, -0.2) is 0 Å². The summed E-state index contributed by atoms with van der Waals surface area (Å²) in [7, 11) is 0. The van der Waals surface area contributed by atoms with Crippen molar-refractivity contribution in [3.8, 4) is 0 Å². The van der Waals surface area contributed by atoms with E-state index < -0.39 is 5.37 Å². The molecule has 0 spiro atoms. The number of nitrogens with one attached hydrogen (secondary N) is 1. The number of carbonyl (C=O) groups is 1. The van der Waals surface area contributed by atoms with Gasteiger partial charge in [0.05, 0.1) is 0 Å². The summed E-state index contributed by atoms with van der Waals surface area (Å²) in [6.07, 6.45) is 0. The molecule has 1 N–H and O–H groups in total. The monoisotopic (exact) mass is 277 g/mol. The summed E-state index contributed by atoms with van der Waals surface area (Å²) in [6, 6.07) is 0. The van der Waals surface area contributed by atoms with Gasteiger partial charge in [-0.15, -0.1) is 0 Å². The van der Waals surface area contributed by atoms with Gasteiger partial charge in [-0.2, -0.15) is 0 Å². The van der Waals surface area contributed by atoms with Crippen molar-refractivity contribution in [1.82, 2.24) is 5.32 Å². The minimum absolute atomic E-state index is 0.250. The molecule has 0 heterocycles. The van der Waals surface area contributed by atoms with E-state index in [1.54, 1.807) is 0 Å². The van der Waals surface area contributed by atoms with Crippen LogP contribution < -0.4 is 5.32 Å². The Kier molecular flexibility index (Phi) is 5.94. The number of carbonyl (C=O) groups excluding carboxylic acids is 1. The first kappa shape index (κ1) is 9.72. The maximum atomic E-state index is 10.1. The van der Waals surface area contributed by atoms with Gasteiger partial charge in [0.2, 0.25) is 0 Å². The molecule has 54 valence electrons. The fraction of sp³-hybridized carbons (Fsp3) is 0.750. The van der Waals surface area contributed by atoms with Crippen LogP contribution in [-0.4, -0.2) is 22.1 Å². The standard InChI is InChI=1S/C4H6Br2ClNO/c5-1-3(6)2-8-4(7)9/h3H,1-2H2,(H,8,9). The lowest BCUT2D eigenvalue weighted by Gasteiger charge is -2.03. The summed E-state index contributed by atoms with van der Waals surface area (Å²) >= 11 is 11.5. The summed E-state index contributed by atoms with van der Waals surface area (Å²) in [4.78, 5) is 10.3. The molecule has 1 amide bonds. The second-order valence-electron chi connectivity index (χ2n) is 1.41. The number of hydrogen-bond donors (Lipinski definition) is 1. The summed E-state index contributed by atoms with van der Waals surface area (Å²) in [5.74, 6) is 0. The number of halogens is 3. The first-order valence-corrected chi connectivity index (χ1v) is 4.71. The maximum absolute atomic E-state index is 10.1. The van der Waals surface area contributed by atoms with Crippen LogP contribution >= 0.6 is 43.5 Å². The van der Waals surface area contributed by atoms with Crippen LogP contribution in [0.2, 0.25) is 0 Å². The molecule has 0 aliphatic carbocycles. The largest absolute Gasteiger partial charge is 0.341 e. The molecule has 0 saturated heterocycles. The van der Waals surface area contributed by atoms with E-state index in [-0.39, 0.29) is 4.83 Å². The first-order chi connectivity index (χ1) is 4.16. The summed E-state index contributed by atoms with van der Waals surface area (Å²) in [5, 5.41) is 2.73. The van der Waals surface area contributed by atoms with E-state index in [1.165, 1.54) is 0 Å². The van der Waals surface area contributed by atoms with Gasteiger partial charge in [-0.05, 0) is 11.6 Å². The Balaban J connectivity index is 3.16. The van der Waals surface area contributed by atoms with E-state index in [2.05, 4.69) is 37.2 Å². The number of alkyl halides is 2. The Morgan fingerprint density at radius 2 is 2.33 bits per heavy atom. The predicted molar refractivity (Wildman–Crippen MR) is 45.8 cm³/mol. The molecule has 0 aromatic heterocycles. The van der Waals surface area contributed by atoms with Gasteiger partial charge in [0.15, 0.2) is 0 Å². The molecule has 0 radical (unpaired) electrons. The van der Waals surface area contributed by atoms with Gasteiger partial charge in [0, 0.05) is 16.7 Å². The lowest BCUT2D eigenvalue weighted by Crippen LogP contribution is -2.25. The van der Waals surface area contributed by atoms with Crippen molar-refractivity contribution in [3.05, 3.63) is 0 Å². The van der Waals surface area contributed by atoms with Crippen molar-refractivity contribution in [2.75, 3.05) is 11.9 Å². The zero-order chi connectivity index (χ0) is 7.28. The van der Waals surface area contributed by atoms with E-state index in [0.29, 0.717) is 6.54 Å². The highest BCUT2D eigenvalue weighted by Gasteiger charge is 2.01. The molecule has 1 unspecified atom stereocenters. The van der Waals surface area contributed by atoms with E-state index in [1.807, 2.05) is 0 Å². The quantitative estimate of drug-likeness (QED) is 0.478. The Morgan fingerprint density at radius 1 is 1.78 bits per heavy atom. The molecule has 2 nitrogen and oxygen atoms in total. The molecule has 0 fully saturated rings. The number of amides is 1. The van der Waals surface area contributed by atoms with Crippen LogP contribution in [0.15, 0.2) is 0 Å². The lowest BCUT2D eigenvalue weighted by atomic mass is 10.5. The average Bonchev–Trinajstić information content (AvgIpc) is 1.83. The van der Waals surface area contributed by atoms with Crippen LogP contribution in [0.4, 0.5) is 4.79 Å². The van der Waals surface area contributed by atoms with Crippen molar-refractivity contribution < 1.29 is 4.79 Å². The molecular formula is C4H6Br2ClNO. The number of rotatable bonds is 3. The van der Waals surface area contributed by atoms with Crippen molar-refractivity contribution in [2.45, 2.75) is 4.83 Å². The molecule has 5 heteroatoms. The highest BCUT2D eigenvalue weighted by atomic mass is 79.9. The van der Waals surface area contributed by atoms with Crippen molar-refractivity contribution >= 4 is 48.8 Å². The Hall–Kier alpha value is 0.720. The molecule has 1 atom stereocenters. The third-order valence-electron chi connectivity index (χ3n) is 0.630. The Morgan fingerprint density at radius 3 is 2.67 bits per heavy atom. The fourth-order valence-corrected chi connectivity index (χ4v) is 0.713. The second-order valence-corrected chi connectivity index (χ2v) is 3.69. The van der Waals surface area contributed by atoms with Gasteiger partial charge >= 0.3 is 5.37 Å². The third kappa shape index (κ3) is 6.61. The maximum Gasteiger partial charge on any atom is 0.313 e. The highest BCUT2D eigenvalue weighted by molar-refractivity contribution is 9.12. The van der Waals surface area contributed by atoms with Gasteiger partial charge in [0.25, 0.3) is 0 Å². The summed E-state index contributed by atoms with van der Waals surface area (Å²) < 4.78 is 0. The molecule has 0 aromatic carbocycles. The van der Waals surface area contributed by atoms with Crippen LogP contribution in [0.3, 0.4) is 0 Å². The van der Waals surface area contributed by atoms with Gasteiger partial charge in [-0.3, -0.25) is 4.79 Å². The second kappa shape index (κ2) is 5.50. The Bertz CT molecular complexity index is 101. The molecule has 0 rings (SSSR count). The van der Waals surface area contributed by atoms with Crippen molar-refractivity contribution in [2.24, 2.45) is 0 Å². The first-order valence-electron chi connectivity index (χ1n) is 2.30. The van der Waals surface area contributed by atoms with Crippen LogP contribution in [0, 0.1) is 0 Å². The van der Waals surface area contributed by atoms with Gasteiger partial charge < -0.3 is 5.32 Å². The minimum atomic E-state index is -0.514. The summed E-state index contributed by atoms with van der Waals surface area (Å²) in [5.41, 5.74) is 0. The molecule has 0 aromatic rings. The predicted octanol–water partition coefficient (Wildman–Crippen LogP) is 2.09. The highest BCUT2D eigenvalue weighted by Crippen LogP contribution is 2.01. The van der Waals surface area contributed by atoms with E-state index >= 15 is 0 Å². The SMILES string of the molecule is O=C(Cl)NCC(Br)CBr. The molecule has 0 aliphatic heterocycles. The third-order valence-corrected chi connectivity index (χ3v) is 3.06. The van der Waals surface area contributed by atoms with Gasteiger partial charge in [-0.1, -0.05) is 31.9 Å². The smallest absolute Gasteiger partial charge is 0.313 e. The summed E-state index contributed by atoms with van der Waals surface area (Å²) in [6.45, 7) is 0.549. The van der Waals surface area contributed by atoms with Crippen molar-refractivity contribution in [1.29, 1.82) is 0 Å². The molecular weight excluding hydrogens is 273 g/mol. The zero-order valence-electron chi connectivity index (χ0n) is 4.53. The van der Waals surface area contributed by atoms with E-state index in [4.69, 9.17) is 11.6 Å². The average molecular weight is 279 g/mol. The minimum Gasteiger partial charge on any atom is -0.341 e. The van der Waals surface area contributed by atoms with Crippen LogP contribution in [-0.2, 0) is 0 Å². The van der Waals surface area contributed by atoms with Gasteiger partial charge in [0.1, 0.15) is 0 Å². The Labute approximate surface area is 75.6 Å². The number of hydrogen-bond acceptors (Lipinski definition) is 1. The van der Waals surface area contributed by atoms with Crippen molar-refractivity contribution in [3.63, 3.8) is 0 Å². The zero-order valence-corrected chi connectivity index (χ0v) is 8.46. The van der Waals surface area contributed by atoms with Crippen LogP contribution in [0.25, 0.3) is 0 Å². The molecule has 0 aliphatic rings. The van der Waals surface area contributed by atoms with E-state index in [9.17, 15) is 4.79 Å². The normalized spacial score (nSPS) is 12.8. The topological polar surface area (TPSA) is 29.1 Å². The fourth-order valence-electron chi connectivity index (χ4n) is 0.246. The van der Waals surface area contributed by atoms with Crippen LogP contribution in [0.1, 0.15) is 0 Å². The molecule has 9 heavy (non-hydrogen) atoms.